The van der Waals surface area contributed by atoms with Crippen molar-refractivity contribution in [3.05, 3.63) is 71.3 Å². The molecule has 0 aromatic heterocycles. The molecule has 1 unspecified atom stereocenters. The van der Waals surface area contributed by atoms with E-state index in [4.69, 9.17) is 4.74 Å². The summed E-state index contributed by atoms with van der Waals surface area (Å²) in [5.74, 6) is -0.353. The number of aryl methyl sites for hydroxylation is 1. The fraction of sp³-hybridized carbons (Fsp3) is 0.429. The van der Waals surface area contributed by atoms with Crippen molar-refractivity contribution in [1.82, 2.24) is 10.0 Å². The van der Waals surface area contributed by atoms with Crippen LogP contribution < -0.4 is 14.8 Å². The normalized spacial score (nSPS) is 15.6. The van der Waals surface area contributed by atoms with Crippen LogP contribution in [0.1, 0.15) is 50.2 Å². The van der Waals surface area contributed by atoms with Gasteiger partial charge >= 0.3 is 12.4 Å². The van der Waals surface area contributed by atoms with E-state index in [-0.39, 0.29) is 17.6 Å². The average Bonchev–Trinajstić information content (AvgIpc) is 2.89. The van der Waals surface area contributed by atoms with Gasteiger partial charge in [-0.15, -0.1) is 0 Å². The van der Waals surface area contributed by atoms with Gasteiger partial charge in [-0.1, -0.05) is 66.9 Å². The van der Waals surface area contributed by atoms with Crippen LogP contribution in [-0.2, 0) is 9.59 Å². The van der Waals surface area contributed by atoms with Crippen molar-refractivity contribution in [3.63, 3.8) is 0 Å². The topological polar surface area (TPSA) is 67.4 Å². The van der Waals surface area contributed by atoms with Crippen molar-refractivity contribution in [2.45, 2.75) is 64.3 Å². The van der Waals surface area contributed by atoms with Gasteiger partial charge in [0.25, 0.3) is 11.8 Å². The Bertz CT molecular complexity index is 1120. The molecule has 0 spiro atoms. The number of unbranched alkanes of at least 4 members (excludes halogenated alkanes) is 2. The van der Waals surface area contributed by atoms with E-state index in [1.807, 2.05) is 42.6 Å². The van der Waals surface area contributed by atoms with Crippen LogP contribution in [0, 0.1) is 6.92 Å². The van der Waals surface area contributed by atoms with Crippen LogP contribution >= 0.6 is 11.9 Å². The quantitative estimate of drug-likeness (QED) is 0.133. The highest BCUT2D eigenvalue weighted by atomic mass is 32.2. The van der Waals surface area contributed by atoms with Gasteiger partial charge in [0.15, 0.2) is 0 Å². The highest BCUT2D eigenvalue weighted by Gasteiger charge is 2.45. The fourth-order valence-electron chi connectivity index (χ4n) is 3.68. The Morgan fingerprint density at radius 2 is 1.65 bits per heavy atom. The number of hydrogen-bond donors (Lipinski definition) is 2. The third-order valence-electron chi connectivity index (χ3n) is 5.69. The first-order valence-electron chi connectivity index (χ1n) is 12.7. The summed E-state index contributed by atoms with van der Waals surface area (Å²) in [4.78, 5) is 24.4. The summed E-state index contributed by atoms with van der Waals surface area (Å²) in [5, 5.41) is 1.88. The summed E-state index contributed by atoms with van der Waals surface area (Å²) in [6.45, 7) is 4.12. The van der Waals surface area contributed by atoms with Gasteiger partial charge in [0.05, 0.1) is 6.61 Å². The van der Waals surface area contributed by atoms with Crippen LogP contribution in [0.25, 0.3) is 5.57 Å². The second-order valence-corrected chi connectivity index (χ2v) is 10.0. The Morgan fingerprint density at radius 1 is 1.00 bits per heavy atom. The minimum absolute atomic E-state index is 0.107. The maximum atomic E-state index is 13.1. The first-order valence-corrected chi connectivity index (χ1v) is 13.6. The summed E-state index contributed by atoms with van der Waals surface area (Å²) in [6, 6.07) is 14.0. The summed E-state index contributed by atoms with van der Waals surface area (Å²) in [5.41, 5.74) is 1.21. The summed E-state index contributed by atoms with van der Waals surface area (Å²) in [7, 11) is 0. The number of rotatable bonds is 10. The lowest BCUT2D eigenvalue weighted by Crippen LogP contribution is -2.50. The second kappa shape index (κ2) is 15.6. The van der Waals surface area contributed by atoms with E-state index >= 15 is 0 Å². The zero-order valence-electron chi connectivity index (χ0n) is 22.1. The fourth-order valence-corrected chi connectivity index (χ4v) is 4.06. The van der Waals surface area contributed by atoms with Crippen LogP contribution in [-0.4, -0.2) is 42.6 Å². The van der Waals surface area contributed by atoms with Gasteiger partial charge in [-0.3, -0.25) is 14.3 Å². The van der Waals surface area contributed by atoms with E-state index in [9.17, 15) is 35.9 Å². The third-order valence-corrected chi connectivity index (χ3v) is 6.31. The van der Waals surface area contributed by atoms with Gasteiger partial charge in [0, 0.05) is 18.6 Å². The number of ether oxygens (including phenoxy) is 1. The number of alkyl halides is 6. The third kappa shape index (κ3) is 11.5. The first-order chi connectivity index (χ1) is 18.8. The van der Waals surface area contributed by atoms with E-state index in [2.05, 4.69) is 4.72 Å². The number of carbonyl (C=O) groups excluding carboxylic acids is 2. The van der Waals surface area contributed by atoms with Gasteiger partial charge in [-0.25, -0.2) is 0 Å². The smallest absolute Gasteiger partial charge is 0.408 e. The van der Waals surface area contributed by atoms with Gasteiger partial charge in [0.1, 0.15) is 17.4 Å². The Morgan fingerprint density at radius 3 is 2.23 bits per heavy atom. The molecule has 2 N–H and O–H groups in total. The maximum Gasteiger partial charge on any atom is 0.408 e. The van der Waals surface area contributed by atoms with E-state index in [1.54, 1.807) is 31.2 Å². The van der Waals surface area contributed by atoms with Crippen molar-refractivity contribution in [2.75, 3.05) is 12.4 Å². The van der Waals surface area contributed by atoms with Crippen LogP contribution in [0.2, 0.25) is 0 Å². The lowest BCUT2D eigenvalue weighted by Gasteiger charge is -2.29. The molecule has 1 atom stereocenters. The molecule has 1 aliphatic heterocycles. The molecule has 12 heteroatoms. The molecule has 2 aromatic rings. The summed E-state index contributed by atoms with van der Waals surface area (Å²) in [6.07, 6.45) is -8.39. The second-order valence-electron chi connectivity index (χ2n) is 8.94. The van der Waals surface area contributed by atoms with Crippen molar-refractivity contribution in [2.24, 2.45) is 0 Å². The number of para-hydroxylation sites is 1. The number of nitrogens with one attached hydrogen (secondary N) is 2. The molecule has 0 saturated carbocycles. The Labute approximate surface area is 233 Å². The molecule has 0 bridgehead atoms. The molecule has 3 rings (SSSR count). The number of carbonyl (C=O) groups is 2. The van der Waals surface area contributed by atoms with Crippen LogP contribution in [0.3, 0.4) is 0 Å². The van der Waals surface area contributed by atoms with E-state index in [0.29, 0.717) is 30.8 Å². The summed E-state index contributed by atoms with van der Waals surface area (Å²) >= 11 is 1.08. The number of hydrogen-bond acceptors (Lipinski definition) is 4. The Kier molecular flexibility index (Phi) is 12.9. The Balaban J connectivity index is 0.000000305. The first kappa shape index (κ1) is 33.1. The lowest BCUT2D eigenvalue weighted by atomic mass is 9.89. The van der Waals surface area contributed by atoms with Crippen molar-refractivity contribution < 1.29 is 40.7 Å². The van der Waals surface area contributed by atoms with E-state index < -0.39 is 43.1 Å². The zero-order chi connectivity index (χ0) is 29.8. The molecule has 0 radical (unpaired) electrons. The van der Waals surface area contributed by atoms with Gasteiger partial charge < -0.3 is 10.1 Å². The number of halogens is 6. The van der Waals surface area contributed by atoms with Gasteiger partial charge in [-0.2, -0.15) is 26.3 Å². The molecular formula is C28H32F6N2O3S. The molecule has 0 fully saturated rings. The molecular weight excluding hydrogens is 558 g/mol. The lowest BCUT2D eigenvalue weighted by molar-refractivity contribution is -0.160. The minimum atomic E-state index is -4.58. The SMILES string of the molecule is CCSNC(=O)C1=C(c2ccc(C)cc2)CC(C(F)(F)F)NC1=O.FC(F)(F)CCCCCOc1ccccc1. The van der Waals surface area contributed by atoms with Crippen LogP contribution in [0.5, 0.6) is 5.75 Å². The monoisotopic (exact) mass is 590 g/mol. The standard InChI is InChI=1S/C16H17F3N2O2S.C12H15F3O/c1-3-24-21-15(23)13-11(10-6-4-9(2)5-7-10)8-12(16(17,18)19)20-14(13)22;13-12(14,15)9-5-2-6-10-16-11-7-3-1-4-8-11/h4-7,12H,3,8H2,1-2H3,(H,20,22)(H,21,23);1,3-4,7-8H,2,5-6,9-10H2. The highest BCUT2D eigenvalue weighted by Crippen LogP contribution is 2.34. The zero-order valence-corrected chi connectivity index (χ0v) is 22.9. The van der Waals surface area contributed by atoms with Gasteiger partial charge in [0.2, 0.25) is 0 Å². The highest BCUT2D eigenvalue weighted by molar-refractivity contribution is 7.97. The van der Waals surface area contributed by atoms with E-state index in [0.717, 1.165) is 23.3 Å². The molecule has 0 aliphatic carbocycles. The molecule has 5 nitrogen and oxygen atoms in total. The molecule has 220 valence electrons. The predicted octanol–water partition coefficient (Wildman–Crippen LogP) is 7.17. The van der Waals surface area contributed by atoms with Crippen molar-refractivity contribution >= 4 is 29.3 Å². The van der Waals surface area contributed by atoms with E-state index in [1.165, 1.54) is 0 Å². The predicted molar refractivity (Wildman–Crippen MR) is 143 cm³/mol. The number of benzene rings is 2. The van der Waals surface area contributed by atoms with Gasteiger partial charge in [-0.05, 0) is 49.5 Å². The van der Waals surface area contributed by atoms with Crippen LogP contribution in [0.4, 0.5) is 26.3 Å². The molecule has 2 aromatic carbocycles. The Hall–Kier alpha value is -3.15. The molecule has 40 heavy (non-hydrogen) atoms. The minimum Gasteiger partial charge on any atom is -0.494 e. The largest absolute Gasteiger partial charge is 0.494 e. The maximum absolute atomic E-state index is 13.1. The van der Waals surface area contributed by atoms with Crippen molar-refractivity contribution in [1.29, 1.82) is 0 Å². The molecule has 1 heterocycles. The average molecular weight is 591 g/mol. The molecule has 0 saturated heterocycles. The summed E-state index contributed by atoms with van der Waals surface area (Å²) < 4.78 is 82.4. The molecule has 1 aliphatic rings. The number of amides is 2. The molecule has 2 amide bonds. The van der Waals surface area contributed by atoms with Crippen LogP contribution in [0.15, 0.2) is 60.2 Å². The van der Waals surface area contributed by atoms with Crippen molar-refractivity contribution in [3.8, 4) is 5.75 Å².